The first-order valence-corrected chi connectivity index (χ1v) is 8.79. The van der Waals surface area contributed by atoms with Crippen LogP contribution in [0.15, 0.2) is 6.20 Å². The minimum atomic E-state index is -3.44. The number of nitrogens with zero attached hydrogens (tertiary/aromatic N) is 5. The molecule has 124 valence electrons. The smallest absolute Gasteiger partial charge is 0.282 e. The highest BCUT2D eigenvalue weighted by Crippen LogP contribution is 2.35. The Morgan fingerprint density at radius 2 is 2.00 bits per heavy atom. The van der Waals surface area contributed by atoms with Gasteiger partial charge in [-0.05, 0) is 33.9 Å². The molecule has 0 aliphatic carbocycles. The highest BCUT2D eigenvalue weighted by Gasteiger charge is 2.38. The van der Waals surface area contributed by atoms with Crippen LogP contribution in [0, 0.1) is 6.92 Å². The van der Waals surface area contributed by atoms with E-state index in [0.717, 1.165) is 24.1 Å². The van der Waals surface area contributed by atoms with Crippen molar-refractivity contribution >= 4 is 10.2 Å². The van der Waals surface area contributed by atoms with E-state index in [1.165, 1.54) is 4.31 Å². The molecule has 2 heterocycles. The third-order valence-corrected chi connectivity index (χ3v) is 5.73. The Morgan fingerprint density at radius 1 is 1.32 bits per heavy atom. The molecule has 1 aromatic heterocycles. The van der Waals surface area contributed by atoms with Crippen molar-refractivity contribution in [2.75, 3.05) is 34.7 Å². The zero-order valence-electron chi connectivity index (χ0n) is 13.9. The Hall–Kier alpha value is -1.09. The largest absolute Gasteiger partial charge is 0.305 e. The van der Waals surface area contributed by atoms with Crippen molar-refractivity contribution in [2.45, 2.75) is 32.4 Å². The van der Waals surface area contributed by atoms with Crippen molar-refractivity contribution in [1.82, 2.24) is 23.5 Å². The van der Waals surface area contributed by atoms with E-state index in [2.05, 4.69) is 9.97 Å². The summed E-state index contributed by atoms with van der Waals surface area (Å²) in [6, 6.07) is -0.205. The molecule has 0 radical (unpaired) electrons. The standard InChI is InChI=1S/C14H25N5O2S/c1-11-15-9-12(10-17(2)3)14(16-11)13-7-6-8-19(13)22(20,21)18(4)5/h9,13H,6-8,10H2,1-5H3/t13-/m0/s1. The van der Waals surface area contributed by atoms with E-state index in [-0.39, 0.29) is 6.04 Å². The fourth-order valence-electron chi connectivity index (χ4n) is 2.76. The normalized spacial score (nSPS) is 20.2. The summed E-state index contributed by atoms with van der Waals surface area (Å²) in [6.07, 6.45) is 3.46. The third-order valence-electron chi connectivity index (χ3n) is 3.78. The van der Waals surface area contributed by atoms with E-state index in [0.29, 0.717) is 18.9 Å². The third kappa shape index (κ3) is 3.45. The highest BCUT2D eigenvalue weighted by atomic mass is 32.2. The van der Waals surface area contributed by atoms with Crippen LogP contribution in [0.5, 0.6) is 0 Å². The van der Waals surface area contributed by atoms with E-state index in [1.54, 1.807) is 18.4 Å². The van der Waals surface area contributed by atoms with Crippen LogP contribution < -0.4 is 0 Å². The van der Waals surface area contributed by atoms with E-state index in [9.17, 15) is 8.42 Å². The average Bonchev–Trinajstić information content (AvgIpc) is 2.89. The maximum absolute atomic E-state index is 12.5. The second-order valence-corrected chi connectivity index (χ2v) is 8.22. The van der Waals surface area contributed by atoms with E-state index in [1.807, 2.05) is 32.1 Å². The molecule has 1 fully saturated rings. The van der Waals surface area contributed by atoms with Crippen LogP contribution in [0.4, 0.5) is 0 Å². The Labute approximate surface area is 133 Å². The number of rotatable bonds is 5. The Kier molecular flexibility index (Phi) is 5.16. The van der Waals surface area contributed by atoms with E-state index >= 15 is 0 Å². The number of hydrogen-bond donors (Lipinski definition) is 0. The Morgan fingerprint density at radius 3 is 2.59 bits per heavy atom. The van der Waals surface area contributed by atoms with Crippen LogP contribution in [0.1, 0.15) is 36.0 Å². The van der Waals surface area contributed by atoms with Crippen molar-refractivity contribution in [1.29, 1.82) is 0 Å². The molecular weight excluding hydrogens is 302 g/mol. The summed E-state index contributed by atoms with van der Waals surface area (Å²) in [5, 5.41) is 0. The molecule has 0 aromatic carbocycles. The monoisotopic (exact) mass is 327 g/mol. The lowest BCUT2D eigenvalue weighted by Crippen LogP contribution is -2.40. The predicted octanol–water partition coefficient (Wildman–Crippen LogP) is 0.790. The van der Waals surface area contributed by atoms with Crippen molar-refractivity contribution in [3.05, 3.63) is 23.3 Å². The van der Waals surface area contributed by atoms with Crippen LogP contribution >= 0.6 is 0 Å². The van der Waals surface area contributed by atoms with Crippen molar-refractivity contribution in [2.24, 2.45) is 0 Å². The first-order chi connectivity index (χ1) is 10.2. The molecule has 0 bridgehead atoms. The molecule has 8 heteroatoms. The lowest BCUT2D eigenvalue weighted by molar-refractivity contribution is 0.348. The van der Waals surface area contributed by atoms with E-state index in [4.69, 9.17) is 0 Å². The molecular formula is C14H25N5O2S. The van der Waals surface area contributed by atoms with Gasteiger partial charge in [-0.3, -0.25) is 0 Å². The van der Waals surface area contributed by atoms with Crippen molar-refractivity contribution < 1.29 is 8.42 Å². The van der Waals surface area contributed by atoms with Crippen LogP contribution in [-0.2, 0) is 16.8 Å². The van der Waals surface area contributed by atoms with Gasteiger partial charge in [-0.2, -0.15) is 17.0 Å². The number of hydrogen-bond acceptors (Lipinski definition) is 5. The molecule has 0 amide bonds. The van der Waals surface area contributed by atoms with Crippen LogP contribution in [0.2, 0.25) is 0 Å². The molecule has 0 spiro atoms. The molecule has 0 unspecified atom stereocenters. The molecule has 1 aliphatic rings. The minimum absolute atomic E-state index is 0.205. The number of aromatic nitrogens is 2. The van der Waals surface area contributed by atoms with Crippen LogP contribution in [0.3, 0.4) is 0 Å². The highest BCUT2D eigenvalue weighted by molar-refractivity contribution is 7.86. The first-order valence-electron chi connectivity index (χ1n) is 7.40. The lowest BCUT2D eigenvalue weighted by Gasteiger charge is -2.28. The fraction of sp³-hybridized carbons (Fsp3) is 0.714. The van der Waals surface area contributed by atoms with Crippen molar-refractivity contribution in [3.8, 4) is 0 Å². The van der Waals surface area contributed by atoms with Gasteiger partial charge in [0.25, 0.3) is 10.2 Å². The second kappa shape index (κ2) is 6.57. The fourth-order valence-corrected chi connectivity index (χ4v) is 4.07. The second-order valence-electron chi connectivity index (χ2n) is 6.12. The first kappa shape index (κ1) is 17.3. The quantitative estimate of drug-likeness (QED) is 0.800. The van der Waals surface area contributed by atoms with Gasteiger partial charge in [-0.25, -0.2) is 9.97 Å². The lowest BCUT2D eigenvalue weighted by atomic mass is 10.1. The molecule has 1 saturated heterocycles. The zero-order valence-corrected chi connectivity index (χ0v) is 14.8. The Bertz CT molecular complexity index is 630. The molecule has 0 saturated carbocycles. The summed E-state index contributed by atoms with van der Waals surface area (Å²) in [7, 11) is 3.65. The summed E-state index contributed by atoms with van der Waals surface area (Å²) in [6.45, 7) is 3.07. The van der Waals surface area contributed by atoms with Gasteiger partial charge in [-0.1, -0.05) is 0 Å². The number of aryl methyl sites for hydroxylation is 1. The summed E-state index contributed by atoms with van der Waals surface area (Å²) in [5.41, 5.74) is 1.82. The summed E-state index contributed by atoms with van der Waals surface area (Å²) in [5.74, 6) is 0.673. The maximum Gasteiger partial charge on any atom is 0.282 e. The maximum atomic E-state index is 12.5. The molecule has 1 aromatic rings. The van der Waals surface area contributed by atoms with Crippen molar-refractivity contribution in [3.63, 3.8) is 0 Å². The van der Waals surface area contributed by atoms with Gasteiger partial charge in [0.1, 0.15) is 5.82 Å². The zero-order chi connectivity index (χ0) is 16.5. The summed E-state index contributed by atoms with van der Waals surface area (Å²) >= 11 is 0. The predicted molar refractivity (Wildman–Crippen MR) is 85.4 cm³/mol. The van der Waals surface area contributed by atoms with Crippen LogP contribution in [0.25, 0.3) is 0 Å². The van der Waals surface area contributed by atoms with Gasteiger partial charge in [-0.15, -0.1) is 0 Å². The molecule has 1 aliphatic heterocycles. The molecule has 1 atom stereocenters. The van der Waals surface area contributed by atoms with Gasteiger partial charge in [0.05, 0.1) is 11.7 Å². The summed E-state index contributed by atoms with van der Waals surface area (Å²) in [4.78, 5) is 10.9. The Balaban J connectivity index is 2.43. The minimum Gasteiger partial charge on any atom is -0.305 e. The van der Waals surface area contributed by atoms with Gasteiger partial charge in [0, 0.05) is 38.9 Å². The SMILES string of the molecule is Cc1ncc(CN(C)C)c([C@@H]2CCCN2S(=O)(=O)N(C)C)n1. The van der Waals surface area contributed by atoms with Gasteiger partial charge >= 0.3 is 0 Å². The molecule has 7 nitrogen and oxygen atoms in total. The van der Waals surface area contributed by atoms with Gasteiger partial charge in [0.15, 0.2) is 0 Å². The average molecular weight is 327 g/mol. The molecule has 0 N–H and O–H groups in total. The topological polar surface area (TPSA) is 69.6 Å². The van der Waals surface area contributed by atoms with E-state index < -0.39 is 10.2 Å². The van der Waals surface area contributed by atoms with Gasteiger partial charge < -0.3 is 4.90 Å². The molecule has 22 heavy (non-hydrogen) atoms. The summed E-state index contributed by atoms with van der Waals surface area (Å²) < 4.78 is 27.9. The van der Waals surface area contributed by atoms with Gasteiger partial charge in [0.2, 0.25) is 0 Å². The molecule has 2 rings (SSSR count). The van der Waals surface area contributed by atoms with Crippen LogP contribution in [-0.4, -0.2) is 66.6 Å².